The van der Waals surface area contributed by atoms with E-state index in [1.54, 1.807) is 6.07 Å². The summed E-state index contributed by atoms with van der Waals surface area (Å²) in [5.74, 6) is 0.956. The van der Waals surface area contributed by atoms with Crippen molar-refractivity contribution in [2.24, 2.45) is 5.10 Å². The number of hydrazone groups is 1. The van der Waals surface area contributed by atoms with Gasteiger partial charge in [0.15, 0.2) is 6.10 Å². The topological polar surface area (TPSA) is 63.8 Å². The van der Waals surface area contributed by atoms with Gasteiger partial charge in [0.2, 0.25) is 0 Å². The minimum absolute atomic E-state index is 0.345. The monoisotopic (exact) mass is 350 g/mol. The van der Waals surface area contributed by atoms with Crippen molar-refractivity contribution in [3.8, 4) is 0 Å². The number of rotatable bonds is 5. The molecule has 1 aromatic heterocycles. The molecule has 0 aliphatic heterocycles. The van der Waals surface area contributed by atoms with E-state index in [-0.39, 0.29) is 5.91 Å². The van der Waals surface area contributed by atoms with Crippen molar-refractivity contribution in [2.45, 2.75) is 13.0 Å². The zero-order valence-corrected chi connectivity index (χ0v) is 13.3. The number of carbonyl (C=O) groups is 1. The number of ether oxygens (including phenoxy) is 1. The molecule has 0 radical (unpaired) electrons. The first-order chi connectivity index (χ1) is 10.1. The summed E-state index contributed by atoms with van der Waals surface area (Å²) in [5.41, 5.74) is 3.21. The second kappa shape index (κ2) is 7.19. The van der Waals surface area contributed by atoms with Crippen LogP contribution < -0.4 is 5.43 Å². The van der Waals surface area contributed by atoms with Gasteiger partial charge in [0.05, 0.1) is 10.7 Å². The highest BCUT2D eigenvalue weighted by molar-refractivity contribution is 9.10. The number of methoxy groups -OCH3 is 1. The summed E-state index contributed by atoms with van der Waals surface area (Å²) >= 11 is 3.34. The number of halogens is 1. The summed E-state index contributed by atoms with van der Waals surface area (Å²) in [4.78, 5) is 12.0. The smallest absolute Gasteiger partial charge is 0.273 e. The van der Waals surface area contributed by atoms with Crippen LogP contribution in [0.2, 0.25) is 0 Å². The number of aryl methyl sites for hydroxylation is 1. The third kappa shape index (κ3) is 4.03. The van der Waals surface area contributed by atoms with Crippen molar-refractivity contribution >= 4 is 28.1 Å². The molecule has 1 unspecified atom stereocenters. The molecule has 1 N–H and O–H groups in total. The second-order valence-corrected chi connectivity index (χ2v) is 5.17. The zero-order valence-electron chi connectivity index (χ0n) is 11.7. The number of nitrogens with one attached hydrogen (secondary N) is 1. The predicted octanol–water partition coefficient (Wildman–Crippen LogP) is 3.19. The molecule has 1 heterocycles. The maximum Gasteiger partial charge on any atom is 0.273 e. The van der Waals surface area contributed by atoms with Gasteiger partial charge in [-0.05, 0) is 28.4 Å². The molecule has 0 saturated carbocycles. The summed E-state index contributed by atoms with van der Waals surface area (Å²) in [6.45, 7) is 1.83. The summed E-state index contributed by atoms with van der Waals surface area (Å²) in [6, 6.07) is 11.0. The number of benzene rings is 1. The number of furan rings is 1. The third-order valence-electron chi connectivity index (χ3n) is 2.82. The molecule has 1 atom stereocenters. The van der Waals surface area contributed by atoms with Gasteiger partial charge in [0.1, 0.15) is 11.5 Å². The maximum atomic E-state index is 12.0. The third-order valence-corrected chi connectivity index (χ3v) is 3.61. The lowest BCUT2D eigenvalue weighted by Gasteiger charge is -2.13. The van der Waals surface area contributed by atoms with E-state index in [9.17, 15) is 4.79 Å². The predicted molar refractivity (Wildman–Crippen MR) is 83.1 cm³/mol. The van der Waals surface area contributed by atoms with Crippen LogP contribution in [0.4, 0.5) is 0 Å². The molecule has 2 aromatic rings. The Hall–Kier alpha value is -1.92. The number of amides is 1. The average Bonchev–Trinajstić information content (AvgIpc) is 2.79. The van der Waals surface area contributed by atoms with Gasteiger partial charge >= 0.3 is 0 Å². The molecule has 1 amide bonds. The van der Waals surface area contributed by atoms with Gasteiger partial charge in [-0.2, -0.15) is 5.10 Å². The molecule has 5 nitrogen and oxygen atoms in total. The lowest BCUT2D eigenvalue weighted by Crippen LogP contribution is -2.26. The lowest BCUT2D eigenvalue weighted by atomic mass is 10.1. The maximum absolute atomic E-state index is 12.0. The first kappa shape index (κ1) is 15.5. The fraction of sp³-hybridized carbons (Fsp3) is 0.200. The van der Waals surface area contributed by atoms with Crippen LogP contribution in [-0.4, -0.2) is 19.2 Å². The van der Waals surface area contributed by atoms with Crippen LogP contribution in [0.3, 0.4) is 0 Å². The van der Waals surface area contributed by atoms with Crippen LogP contribution in [0.15, 0.2) is 50.4 Å². The second-order valence-electron chi connectivity index (χ2n) is 4.31. The van der Waals surface area contributed by atoms with Crippen molar-refractivity contribution < 1.29 is 13.9 Å². The van der Waals surface area contributed by atoms with Crippen LogP contribution >= 0.6 is 15.9 Å². The van der Waals surface area contributed by atoms with Crippen LogP contribution in [0, 0.1) is 6.92 Å². The summed E-state index contributed by atoms with van der Waals surface area (Å²) in [5, 5.41) is 3.87. The minimum atomic E-state index is -0.701. The SMILES string of the molecule is COC(C(=O)N/N=C/c1cc(Br)c(C)o1)c1ccccc1. The fourth-order valence-corrected chi connectivity index (χ4v) is 2.09. The van der Waals surface area contributed by atoms with E-state index in [4.69, 9.17) is 9.15 Å². The normalized spacial score (nSPS) is 12.5. The summed E-state index contributed by atoms with van der Waals surface area (Å²) in [7, 11) is 1.48. The van der Waals surface area contributed by atoms with E-state index in [1.807, 2.05) is 37.3 Å². The first-order valence-electron chi connectivity index (χ1n) is 6.28. The molecule has 0 fully saturated rings. The lowest BCUT2D eigenvalue weighted by molar-refractivity contribution is -0.131. The molecule has 6 heteroatoms. The highest BCUT2D eigenvalue weighted by Gasteiger charge is 2.19. The highest BCUT2D eigenvalue weighted by atomic mass is 79.9. The molecule has 1 aromatic carbocycles. The van der Waals surface area contributed by atoms with Crippen molar-refractivity contribution in [1.82, 2.24) is 5.43 Å². The van der Waals surface area contributed by atoms with E-state index in [1.165, 1.54) is 13.3 Å². The average molecular weight is 351 g/mol. The van der Waals surface area contributed by atoms with Crippen molar-refractivity contribution in [3.63, 3.8) is 0 Å². The molecule has 21 heavy (non-hydrogen) atoms. The van der Waals surface area contributed by atoms with Crippen LogP contribution in [-0.2, 0) is 9.53 Å². The molecule has 0 bridgehead atoms. The molecule has 2 rings (SSSR count). The molecule has 0 aliphatic rings. The quantitative estimate of drug-likeness (QED) is 0.665. The van der Waals surface area contributed by atoms with Crippen LogP contribution in [0.1, 0.15) is 23.2 Å². The number of carbonyl (C=O) groups excluding carboxylic acids is 1. The van der Waals surface area contributed by atoms with Gasteiger partial charge in [0, 0.05) is 13.2 Å². The Bertz CT molecular complexity index is 618. The van der Waals surface area contributed by atoms with Crippen molar-refractivity contribution in [2.75, 3.05) is 7.11 Å². The van der Waals surface area contributed by atoms with Gasteiger partial charge < -0.3 is 9.15 Å². The highest BCUT2D eigenvalue weighted by Crippen LogP contribution is 2.19. The van der Waals surface area contributed by atoms with E-state index >= 15 is 0 Å². The van der Waals surface area contributed by atoms with Gasteiger partial charge in [-0.1, -0.05) is 30.3 Å². The van der Waals surface area contributed by atoms with Gasteiger partial charge in [-0.3, -0.25) is 4.79 Å². The number of nitrogens with zero attached hydrogens (tertiary/aromatic N) is 1. The standard InChI is InChI=1S/C15H15BrN2O3/c1-10-13(16)8-12(21-10)9-17-18-15(19)14(20-2)11-6-4-3-5-7-11/h3-9,14H,1-2H3,(H,18,19)/b17-9+. The Morgan fingerprint density at radius 2 is 2.14 bits per heavy atom. The number of hydrogen-bond acceptors (Lipinski definition) is 4. The summed E-state index contributed by atoms with van der Waals surface area (Å²) in [6.07, 6.45) is 0.737. The van der Waals surface area contributed by atoms with Crippen LogP contribution in [0.25, 0.3) is 0 Å². The van der Waals surface area contributed by atoms with E-state index in [2.05, 4.69) is 26.5 Å². The van der Waals surface area contributed by atoms with Crippen molar-refractivity contribution in [1.29, 1.82) is 0 Å². The van der Waals surface area contributed by atoms with Crippen LogP contribution in [0.5, 0.6) is 0 Å². The molecule has 0 saturated heterocycles. The Labute approximate surface area is 131 Å². The summed E-state index contributed by atoms with van der Waals surface area (Å²) < 4.78 is 11.5. The van der Waals surface area contributed by atoms with Crippen molar-refractivity contribution in [3.05, 3.63) is 58.0 Å². The Morgan fingerprint density at radius 3 is 2.71 bits per heavy atom. The van der Waals surface area contributed by atoms with Gasteiger partial charge in [-0.15, -0.1) is 0 Å². The van der Waals surface area contributed by atoms with E-state index in [0.29, 0.717) is 5.76 Å². The Balaban J connectivity index is 2.00. The number of hydrogen-bond donors (Lipinski definition) is 1. The molecule has 0 aliphatic carbocycles. The Kier molecular flexibility index (Phi) is 5.30. The largest absolute Gasteiger partial charge is 0.459 e. The fourth-order valence-electron chi connectivity index (χ4n) is 1.79. The Morgan fingerprint density at radius 1 is 1.43 bits per heavy atom. The zero-order chi connectivity index (χ0) is 15.2. The van der Waals surface area contributed by atoms with E-state index in [0.717, 1.165) is 15.8 Å². The molecular formula is C15H15BrN2O3. The molecule has 110 valence electrons. The molecule has 0 spiro atoms. The van der Waals surface area contributed by atoms with E-state index < -0.39 is 6.10 Å². The first-order valence-corrected chi connectivity index (χ1v) is 7.07. The minimum Gasteiger partial charge on any atom is -0.459 e. The molecular weight excluding hydrogens is 336 g/mol. The van der Waals surface area contributed by atoms with Gasteiger partial charge in [-0.25, -0.2) is 5.43 Å². The van der Waals surface area contributed by atoms with Gasteiger partial charge in [0.25, 0.3) is 5.91 Å².